The van der Waals surface area contributed by atoms with Gasteiger partial charge in [-0.3, -0.25) is 14.4 Å². The Hall–Kier alpha value is -2.37. The average molecular weight is 885 g/mol. The molecule has 0 saturated heterocycles. The molecule has 6 heteroatoms. The molecule has 0 aromatic carbocycles. The second-order valence-corrected chi connectivity index (χ2v) is 18.5. The van der Waals surface area contributed by atoms with Gasteiger partial charge in [0.2, 0.25) is 0 Å². The van der Waals surface area contributed by atoms with Gasteiger partial charge in [-0.2, -0.15) is 0 Å². The summed E-state index contributed by atoms with van der Waals surface area (Å²) in [7, 11) is 0. The molecule has 0 amide bonds. The van der Waals surface area contributed by atoms with E-state index < -0.39 is 6.10 Å². The molecule has 0 heterocycles. The van der Waals surface area contributed by atoms with Gasteiger partial charge in [-0.05, 0) is 51.4 Å². The van der Waals surface area contributed by atoms with Crippen LogP contribution in [0.25, 0.3) is 0 Å². The van der Waals surface area contributed by atoms with Crippen molar-refractivity contribution in [3.8, 4) is 0 Å². The Morgan fingerprint density at radius 1 is 0.333 bits per heavy atom. The molecule has 1 atom stereocenters. The molecular formula is C57H104O6. The van der Waals surface area contributed by atoms with Crippen LogP contribution < -0.4 is 0 Å². The van der Waals surface area contributed by atoms with Crippen LogP contribution in [-0.4, -0.2) is 37.2 Å². The van der Waals surface area contributed by atoms with E-state index in [9.17, 15) is 14.4 Å². The smallest absolute Gasteiger partial charge is 0.306 e. The van der Waals surface area contributed by atoms with Crippen LogP contribution in [0.5, 0.6) is 0 Å². The fourth-order valence-corrected chi connectivity index (χ4v) is 8.05. The highest BCUT2D eigenvalue weighted by atomic mass is 16.6. The SMILES string of the molecule is CC/C=C\C/C=C\C/C=C\CCCCCCCCCC(=O)OCC(COC(=O)CCCCCCCCCCCCCC)OC(=O)CCCCCCCCCCCCCCCCCC. The van der Waals surface area contributed by atoms with Crippen molar-refractivity contribution in [2.24, 2.45) is 0 Å². The van der Waals surface area contributed by atoms with Gasteiger partial charge in [0.05, 0.1) is 0 Å². The zero-order valence-corrected chi connectivity index (χ0v) is 42.1. The van der Waals surface area contributed by atoms with E-state index in [2.05, 4.69) is 57.2 Å². The van der Waals surface area contributed by atoms with Crippen molar-refractivity contribution >= 4 is 17.9 Å². The van der Waals surface area contributed by atoms with Gasteiger partial charge in [0.15, 0.2) is 6.10 Å². The molecule has 0 aromatic rings. The summed E-state index contributed by atoms with van der Waals surface area (Å²) in [5, 5.41) is 0. The zero-order chi connectivity index (χ0) is 45.8. The highest BCUT2D eigenvalue weighted by Gasteiger charge is 2.19. The van der Waals surface area contributed by atoms with E-state index in [1.165, 1.54) is 167 Å². The number of carbonyl (C=O) groups excluding carboxylic acids is 3. The standard InChI is InChI=1S/C57H104O6/c1-4-7-10-13-16-19-22-25-27-29-31-32-35-38-41-44-47-50-56(59)62-53-54(52-61-55(58)49-46-43-40-37-34-24-21-18-15-12-9-6-3)63-57(60)51-48-45-42-39-36-33-30-28-26-23-20-17-14-11-8-5-2/h7,10,16,19,25,27,54H,4-6,8-9,11-15,17-18,20-24,26,28-53H2,1-3H3/b10-7-,19-16-,27-25-. The fourth-order valence-electron chi connectivity index (χ4n) is 8.05. The summed E-state index contributed by atoms with van der Waals surface area (Å²) in [6.07, 6.45) is 61.3. The Bertz CT molecular complexity index is 1060. The molecule has 0 aliphatic rings. The third-order valence-electron chi connectivity index (χ3n) is 12.2. The number of carbonyl (C=O) groups is 3. The highest BCUT2D eigenvalue weighted by molar-refractivity contribution is 5.71. The molecule has 0 spiro atoms. The normalized spacial score (nSPS) is 12.2. The van der Waals surface area contributed by atoms with Gasteiger partial charge >= 0.3 is 17.9 Å². The van der Waals surface area contributed by atoms with Crippen molar-refractivity contribution in [1.29, 1.82) is 0 Å². The maximum atomic E-state index is 12.8. The van der Waals surface area contributed by atoms with Crippen LogP contribution in [0.2, 0.25) is 0 Å². The first-order valence-corrected chi connectivity index (χ1v) is 27.5. The van der Waals surface area contributed by atoms with E-state index in [0.717, 1.165) is 83.5 Å². The first-order chi connectivity index (χ1) is 31.0. The molecule has 0 aliphatic heterocycles. The van der Waals surface area contributed by atoms with Crippen LogP contribution in [0, 0.1) is 0 Å². The van der Waals surface area contributed by atoms with Gasteiger partial charge in [-0.25, -0.2) is 0 Å². The third kappa shape index (κ3) is 50.5. The molecule has 0 N–H and O–H groups in total. The van der Waals surface area contributed by atoms with E-state index in [1.54, 1.807) is 0 Å². The van der Waals surface area contributed by atoms with Gasteiger partial charge in [0.1, 0.15) is 13.2 Å². The summed E-state index contributed by atoms with van der Waals surface area (Å²) in [6.45, 7) is 6.55. The summed E-state index contributed by atoms with van der Waals surface area (Å²) in [5.74, 6) is -0.865. The van der Waals surface area contributed by atoms with E-state index in [0.29, 0.717) is 19.3 Å². The van der Waals surface area contributed by atoms with Gasteiger partial charge in [0, 0.05) is 19.3 Å². The highest BCUT2D eigenvalue weighted by Crippen LogP contribution is 2.16. The predicted octanol–water partition coefficient (Wildman–Crippen LogP) is 18.1. The number of hydrogen-bond acceptors (Lipinski definition) is 6. The van der Waals surface area contributed by atoms with Gasteiger partial charge < -0.3 is 14.2 Å². The number of allylic oxidation sites excluding steroid dienone is 6. The Balaban J connectivity index is 4.34. The Morgan fingerprint density at radius 2 is 0.619 bits per heavy atom. The van der Waals surface area contributed by atoms with Crippen molar-refractivity contribution in [2.45, 2.75) is 297 Å². The predicted molar refractivity (Wildman–Crippen MR) is 270 cm³/mol. The van der Waals surface area contributed by atoms with Gasteiger partial charge in [-0.15, -0.1) is 0 Å². The van der Waals surface area contributed by atoms with E-state index in [1.807, 2.05) is 0 Å². The molecule has 6 nitrogen and oxygen atoms in total. The molecule has 0 fully saturated rings. The van der Waals surface area contributed by atoms with Crippen molar-refractivity contribution in [3.63, 3.8) is 0 Å². The summed E-state index contributed by atoms with van der Waals surface area (Å²) >= 11 is 0. The van der Waals surface area contributed by atoms with E-state index >= 15 is 0 Å². The average Bonchev–Trinajstić information content (AvgIpc) is 3.28. The first-order valence-electron chi connectivity index (χ1n) is 27.5. The molecule has 0 aliphatic carbocycles. The van der Waals surface area contributed by atoms with Crippen LogP contribution in [0.1, 0.15) is 290 Å². The maximum absolute atomic E-state index is 12.8. The van der Waals surface area contributed by atoms with Gasteiger partial charge in [-0.1, -0.05) is 256 Å². The van der Waals surface area contributed by atoms with Crippen molar-refractivity contribution in [3.05, 3.63) is 36.5 Å². The quantitative estimate of drug-likeness (QED) is 0.0262. The number of unbranched alkanes of at least 4 members (excludes halogenated alkanes) is 33. The number of hydrogen-bond donors (Lipinski definition) is 0. The number of esters is 3. The Morgan fingerprint density at radius 3 is 0.968 bits per heavy atom. The van der Waals surface area contributed by atoms with Crippen molar-refractivity contribution < 1.29 is 28.6 Å². The second-order valence-electron chi connectivity index (χ2n) is 18.5. The topological polar surface area (TPSA) is 78.9 Å². The summed E-state index contributed by atoms with van der Waals surface area (Å²) in [6, 6.07) is 0. The van der Waals surface area contributed by atoms with Crippen LogP contribution in [0.4, 0.5) is 0 Å². The van der Waals surface area contributed by atoms with Crippen LogP contribution in [0.3, 0.4) is 0 Å². The maximum Gasteiger partial charge on any atom is 0.306 e. The van der Waals surface area contributed by atoms with Crippen molar-refractivity contribution in [1.82, 2.24) is 0 Å². The fraction of sp³-hybridized carbons (Fsp3) is 0.842. The number of ether oxygens (including phenoxy) is 3. The summed E-state index contributed by atoms with van der Waals surface area (Å²) < 4.78 is 16.8. The minimum atomic E-state index is -0.771. The monoisotopic (exact) mass is 885 g/mol. The van der Waals surface area contributed by atoms with Crippen LogP contribution >= 0.6 is 0 Å². The lowest BCUT2D eigenvalue weighted by Gasteiger charge is -2.18. The lowest BCUT2D eigenvalue weighted by molar-refractivity contribution is -0.167. The van der Waals surface area contributed by atoms with Crippen molar-refractivity contribution in [2.75, 3.05) is 13.2 Å². The molecule has 0 aromatic heterocycles. The minimum Gasteiger partial charge on any atom is -0.462 e. The molecular weight excluding hydrogens is 781 g/mol. The lowest BCUT2D eigenvalue weighted by Crippen LogP contribution is -2.30. The third-order valence-corrected chi connectivity index (χ3v) is 12.2. The minimum absolute atomic E-state index is 0.0706. The molecule has 0 radical (unpaired) electrons. The second kappa shape index (κ2) is 52.3. The number of rotatable bonds is 50. The molecule has 0 saturated carbocycles. The molecule has 63 heavy (non-hydrogen) atoms. The Kier molecular flexibility index (Phi) is 50.3. The Labute approximate surface area is 391 Å². The van der Waals surface area contributed by atoms with Gasteiger partial charge in [0.25, 0.3) is 0 Å². The molecule has 368 valence electrons. The molecule has 0 bridgehead atoms. The molecule has 0 rings (SSSR count). The van der Waals surface area contributed by atoms with Crippen LogP contribution in [-0.2, 0) is 28.6 Å². The first kappa shape index (κ1) is 60.6. The summed E-state index contributed by atoms with van der Waals surface area (Å²) in [4.78, 5) is 38.0. The summed E-state index contributed by atoms with van der Waals surface area (Å²) in [5.41, 5.74) is 0. The lowest BCUT2D eigenvalue weighted by atomic mass is 10.0. The van der Waals surface area contributed by atoms with E-state index in [4.69, 9.17) is 14.2 Å². The largest absolute Gasteiger partial charge is 0.462 e. The zero-order valence-electron chi connectivity index (χ0n) is 42.1. The van der Waals surface area contributed by atoms with Crippen LogP contribution in [0.15, 0.2) is 36.5 Å². The molecule has 1 unspecified atom stereocenters. The van der Waals surface area contributed by atoms with E-state index in [-0.39, 0.29) is 31.1 Å².